The predicted octanol–water partition coefficient (Wildman–Crippen LogP) is 3.48. The average Bonchev–Trinajstić information content (AvgIpc) is 3.11. The van der Waals surface area contributed by atoms with E-state index in [1.54, 1.807) is 17.0 Å². The van der Waals surface area contributed by atoms with Crippen LogP contribution in [0.2, 0.25) is 0 Å². The van der Waals surface area contributed by atoms with Gasteiger partial charge in [0.05, 0.1) is 5.92 Å². The van der Waals surface area contributed by atoms with Crippen LogP contribution in [0.1, 0.15) is 31.4 Å². The monoisotopic (exact) mass is 394 g/mol. The average molecular weight is 394 g/mol. The summed E-state index contributed by atoms with van der Waals surface area (Å²) in [6.45, 7) is 5.78. The molecule has 1 aliphatic rings. The molecule has 0 unspecified atom stereocenters. The summed E-state index contributed by atoms with van der Waals surface area (Å²) in [4.78, 5) is 39.0. The fourth-order valence-corrected chi connectivity index (χ4v) is 3.38. The molecule has 2 amide bonds. The minimum Gasteiger partial charge on any atom is -0.452 e. The van der Waals surface area contributed by atoms with Crippen molar-refractivity contribution in [2.75, 3.05) is 16.8 Å². The van der Waals surface area contributed by atoms with Gasteiger partial charge in [-0.1, -0.05) is 42.8 Å². The van der Waals surface area contributed by atoms with Crippen LogP contribution in [0.25, 0.3) is 0 Å². The van der Waals surface area contributed by atoms with Crippen LogP contribution in [0.4, 0.5) is 11.4 Å². The Kier molecular flexibility index (Phi) is 6.32. The molecular weight excluding hydrogens is 368 g/mol. The van der Waals surface area contributed by atoms with Gasteiger partial charge in [0.1, 0.15) is 0 Å². The summed E-state index contributed by atoms with van der Waals surface area (Å²) in [5.41, 5.74) is 3.62. The number of rotatable bonds is 6. The number of esters is 1. The topological polar surface area (TPSA) is 75.7 Å². The lowest BCUT2D eigenvalue weighted by molar-refractivity contribution is -0.157. The molecule has 6 nitrogen and oxygen atoms in total. The Labute approximate surface area is 170 Å². The molecule has 0 bridgehead atoms. The molecular formula is C23H26N2O4. The van der Waals surface area contributed by atoms with Crippen molar-refractivity contribution in [1.82, 2.24) is 0 Å². The van der Waals surface area contributed by atoms with Gasteiger partial charge in [-0.3, -0.25) is 14.4 Å². The van der Waals surface area contributed by atoms with E-state index in [0.717, 1.165) is 23.2 Å². The van der Waals surface area contributed by atoms with Gasteiger partial charge in [0.25, 0.3) is 5.91 Å². The van der Waals surface area contributed by atoms with Crippen LogP contribution >= 0.6 is 0 Å². The zero-order chi connectivity index (χ0) is 21.0. The van der Waals surface area contributed by atoms with Crippen molar-refractivity contribution in [2.45, 2.75) is 39.7 Å². The maximum atomic E-state index is 12.6. The van der Waals surface area contributed by atoms with E-state index in [1.165, 1.54) is 6.92 Å². The second-order valence-electron chi connectivity index (χ2n) is 7.32. The van der Waals surface area contributed by atoms with Crippen LogP contribution in [0.5, 0.6) is 0 Å². The van der Waals surface area contributed by atoms with E-state index in [1.807, 2.05) is 50.2 Å². The normalized spacial score (nSPS) is 17.1. The first-order valence-electron chi connectivity index (χ1n) is 9.85. The molecule has 0 saturated carbocycles. The first-order chi connectivity index (χ1) is 13.9. The van der Waals surface area contributed by atoms with Crippen LogP contribution in [0, 0.1) is 12.8 Å². The van der Waals surface area contributed by atoms with Gasteiger partial charge in [0, 0.05) is 24.3 Å². The van der Waals surface area contributed by atoms with Crippen LogP contribution in [0.3, 0.4) is 0 Å². The molecule has 1 fully saturated rings. The lowest BCUT2D eigenvalue weighted by Gasteiger charge is -2.20. The van der Waals surface area contributed by atoms with Gasteiger partial charge in [-0.2, -0.15) is 0 Å². The van der Waals surface area contributed by atoms with Crippen molar-refractivity contribution in [1.29, 1.82) is 0 Å². The number of nitrogens with zero attached hydrogens (tertiary/aromatic N) is 1. The summed E-state index contributed by atoms with van der Waals surface area (Å²) < 4.78 is 5.35. The lowest BCUT2D eigenvalue weighted by atomic mass is 10.1. The molecule has 0 spiro atoms. The molecule has 1 N–H and O–H groups in total. The number of para-hydroxylation sites is 1. The number of nitrogens with one attached hydrogen (secondary N) is 1. The van der Waals surface area contributed by atoms with E-state index in [2.05, 4.69) is 5.32 Å². The van der Waals surface area contributed by atoms with E-state index in [-0.39, 0.29) is 18.9 Å². The van der Waals surface area contributed by atoms with Crippen molar-refractivity contribution in [2.24, 2.45) is 5.92 Å². The minimum absolute atomic E-state index is 0.0865. The van der Waals surface area contributed by atoms with Crippen molar-refractivity contribution in [3.8, 4) is 0 Å². The van der Waals surface area contributed by atoms with Crippen LogP contribution in [0.15, 0.2) is 48.5 Å². The summed E-state index contributed by atoms with van der Waals surface area (Å²) in [7, 11) is 0. The Hall–Kier alpha value is -3.15. The number of benzene rings is 2. The van der Waals surface area contributed by atoms with Gasteiger partial charge < -0.3 is 15.0 Å². The van der Waals surface area contributed by atoms with E-state index in [9.17, 15) is 14.4 Å². The van der Waals surface area contributed by atoms with Crippen molar-refractivity contribution >= 4 is 29.2 Å². The Morgan fingerprint density at radius 1 is 1.17 bits per heavy atom. The van der Waals surface area contributed by atoms with Crippen LogP contribution < -0.4 is 10.2 Å². The van der Waals surface area contributed by atoms with Gasteiger partial charge in [0.15, 0.2) is 6.10 Å². The van der Waals surface area contributed by atoms with Crippen LogP contribution in [-0.2, 0) is 25.5 Å². The largest absolute Gasteiger partial charge is 0.452 e. The van der Waals surface area contributed by atoms with Crippen molar-refractivity contribution in [3.05, 3.63) is 59.7 Å². The Balaban J connectivity index is 1.60. The number of hydrogen-bond donors (Lipinski definition) is 1. The molecule has 152 valence electrons. The number of anilines is 2. The quantitative estimate of drug-likeness (QED) is 0.761. The summed E-state index contributed by atoms with van der Waals surface area (Å²) in [6, 6.07) is 15.0. The molecule has 2 atom stereocenters. The molecule has 1 heterocycles. The van der Waals surface area contributed by atoms with E-state index in [4.69, 9.17) is 4.74 Å². The predicted molar refractivity (Wildman–Crippen MR) is 112 cm³/mol. The van der Waals surface area contributed by atoms with Gasteiger partial charge in [-0.25, -0.2) is 0 Å². The molecule has 29 heavy (non-hydrogen) atoms. The van der Waals surface area contributed by atoms with E-state index < -0.39 is 23.9 Å². The van der Waals surface area contributed by atoms with Crippen molar-refractivity contribution in [3.63, 3.8) is 0 Å². The van der Waals surface area contributed by atoms with Gasteiger partial charge in [-0.15, -0.1) is 0 Å². The van der Waals surface area contributed by atoms with E-state index >= 15 is 0 Å². The SMILES string of the molecule is CCc1ccccc1N1C[C@@H](C(=O)O[C@H](C)C(=O)Nc2ccc(C)cc2)CC1=O. The molecule has 6 heteroatoms. The summed E-state index contributed by atoms with van der Waals surface area (Å²) >= 11 is 0. The van der Waals surface area contributed by atoms with E-state index in [0.29, 0.717) is 5.69 Å². The summed E-state index contributed by atoms with van der Waals surface area (Å²) in [5.74, 6) is -1.62. The highest BCUT2D eigenvalue weighted by Crippen LogP contribution is 2.29. The number of carbonyl (C=O) groups is 3. The molecule has 1 aliphatic heterocycles. The first kappa shape index (κ1) is 20.6. The first-order valence-corrected chi connectivity index (χ1v) is 9.85. The van der Waals surface area contributed by atoms with Gasteiger partial charge >= 0.3 is 5.97 Å². The Morgan fingerprint density at radius 3 is 2.55 bits per heavy atom. The highest BCUT2D eigenvalue weighted by atomic mass is 16.5. The zero-order valence-electron chi connectivity index (χ0n) is 17.0. The minimum atomic E-state index is -0.948. The fourth-order valence-electron chi connectivity index (χ4n) is 3.38. The Morgan fingerprint density at radius 2 is 1.86 bits per heavy atom. The molecule has 0 aliphatic carbocycles. The number of amides is 2. The second-order valence-corrected chi connectivity index (χ2v) is 7.32. The van der Waals surface area contributed by atoms with Gasteiger partial charge in [0.2, 0.25) is 5.91 Å². The number of hydrogen-bond acceptors (Lipinski definition) is 4. The summed E-state index contributed by atoms with van der Waals surface area (Å²) in [5, 5.41) is 2.73. The molecule has 0 aromatic heterocycles. The zero-order valence-corrected chi connectivity index (χ0v) is 17.0. The molecule has 1 saturated heterocycles. The van der Waals surface area contributed by atoms with Gasteiger partial charge in [-0.05, 0) is 44.0 Å². The third kappa shape index (κ3) is 4.83. The third-order valence-electron chi connectivity index (χ3n) is 5.10. The number of ether oxygens (including phenoxy) is 1. The molecule has 2 aromatic carbocycles. The number of carbonyl (C=O) groups excluding carboxylic acids is 3. The Bertz CT molecular complexity index is 907. The van der Waals surface area contributed by atoms with Crippen LogP contribution in [-0.4, -0.2) is 30.4 Å². The second kappa shape index (κ2) is 8.90. The smallest absolute Gasteiger partial charge is 0.312 e. The maximum absolute atomic E-state index is 12.6. The number of aryl methyl sites for hydroxylation is 2. The third-order valence-corrected chi connectivity index (χ3v) is 5.10. The van der Waals surface area contributed by atoms with Crippen molar-refractivity contribution < 1.29 is 19.1 Å². The highest BCUT2D eigenvalue weighted by molar-refractivity contribution is 6.01. The lowest BCUT2D eigenvalue weighted by Crippen LogP contribution is -2.33. The highest BCUT2D eigenvalue weighted by Gasteiger charge is 2.37. The molecule has 2 aromatic rings. The molecule has 0 radical (unpaired) electrons. The standard InChI is InChI=1S/C23H26N2O4/c1-4-17-7-5-6-8-20(17)25-14-18(13-21(25)26)23(28)29-16(3)22(27)24-19-11-9-15(2)10-12-19/h5-12,16,18H,4,13-14H2,1-3H3,(H,24,27)/t16-,18+/m1/s1. The maximum Gasteiger partial charge on any atom is 0.312 e. The fraction of sp³-hybridized carbons (Fsp3) is 0.348. The molecule has 3 rings (SSSR count). The summed E-state index contributed by atoms with van der Waals surface area (Å²) in [6.07, 6.45) is -0.0649.